The number of hydrogen-bond donors (Lipinski definition) is 2. The molecule has 6 nitrogen and oxygen atoms in total. The first-order chi connectivity index (χ1) is 14.7. The fourth-order valence-electron chi connectivity index (χ4n) is 3.47. The fraction of sp³-hybridized carbons (Fsp3) is 0.417. The van der Waals surface area contributed by atoms with Crippen molar-refractivity contribution < 1.29 is 9.53 Å². The molecule has 0 bridgehead atoms. The summed E-state index contributed by atoms with van der Waals surface area (Å²) < 4.78 is 5.20. The van der Waals surface area contributed by atoms with E-state index in [1.807, 2.05) is 17.0 Å². The maximum absolute atomic E-state index is 11.8. The van der Waals surface area contributed by atoms with E-state index in [4.69, 9.17) is 9.73 Å². The van der Waals surface area contributed by atoms with Crippen molar-refractivity contribution in [3.05, 3.63) is 65.2 Å². The summed E-state index contributed by atoms with van der Waals surface area (Å²) >= 11 is 0. The van der Waals surface area contributed by atoms with Gasteiger partial charge in [-0.1, -0.05) is 36.4 Å². The quantitative estimate of drug-likeness (QED) is 0.494. The van der Waals surface area contributed by atoms with Gasteiger partial charge in [0.05, 0.1) is 13.7 Å². The van der Waals surface area contributed by atoms with Crippen LogP contribution in [0, 0.1) is 0 Å². The van der Waals surface area contributed by atoms with Crippen molar-refractivity contribution in [3.8, 4) is 5.75 Å². The third kappa shape index (κ3) is 6.51. The summed E-state index contributed by atoms with van der Waals surface area (Å²) in [5, 5.41) is 6.69. The Hall–Kier alpha value is -3.02. The second kappa shape index (κ2) is 11.2. The van der Waals surface area contributed by atoms with Gasteiger partial charge in [0.25, 0.3) is 0 Å². The predicted octanol–water partition coefficient (Wildman–Crippen LogP) is 3.12. The number of guanidine groups is 1. The lowest BCUT2D eigenvalue weighted by molar-refractivity contribution is -0.128. The number of benzene rings is 2. The van der Waals surface area contributed by atoms with E-state index in [-0.39, 0.29) is 5.91 Å². The number of carbonyl (C=O) groups is 1. The molecule has 1 amide bonds. The smallest absolute Gasteiger partial charge is 0.222 e. The van der Waals surface area contributed by atoms with E-state index < -0.39 is 0 Å². The Bertz CT molecular complexity index is 831. The summed E-state index contributed by atoms with van der Waals surface area (Å²) in [5.41, 5.74) is 3.58. The average Bonchev–Trinajstić information content (AvgIpc) is 3.18. The molecule has 160 valence electrons. The Balaban J connectivity index is 1.48. The molecular formula is C24H32N4O2. The molecule has 0 radical (unpaired) electrons. The summed E-state index contributed by atoms with van der Waals surface area (Å²) in [6, 6.07) is 16.5. The first-order valence-corrected chi connectivity index (χ1v) is 10.7. The second-order valence-corrected chi connectivity index (χ2v) is 7.46. The van der Waals surface area contributed by atoms with E-state index in [0.29, 0.717) is 19.5 Å². The molecule has 6 heteroatoms. The Morgan fingerprint density at radius 2 is 1.73 bits per heavy atom. The van der Waals surface area contributed by atoms with Crippen LogP contribution in [-0.2, 0) is 24.3 Å². The van der Waals surface area contributed by atoms with Crippen molar-refractivity contribution in [1.82, 2.24) is 15.5 Å². The summed E-state index contributed by atoms with van der Waals surface area (Å²) in [6.07, 6.45) is 2.58. The molecule has 30 heavy (non-hydrogen) atoms. The molecule has 1 saturated heterocycles. The van der Waals surface area contributed by atoms with Crippen LogP contribution in [0.2, 0.25) is 0 Å². The minimum Gasteiger partial charge on any atom is -0.497 e. The first-order valence-electron chi connectivity index (χ1n) is 10.7. The molecule has 0 saturated carbocycles. The van der Waals surface area contributed by atoms with Crippen LogP contribution >= 0.6 is 0 Å². The van der Waals surface area contributed by atoms with Crippen LogP contribution < -0.4 is 15.4 Å². The van der Waals surface area contributed by atoms with Crippen molar-refractivity contribution in [2.24, 2.45) is 4.99 Å². The van der Waals surface area contributed by atoms with Gasteiger partial charge in [-0.15, -0.1) is 0 Å². The van der Waals surface area contributed by atoms with Crippen molar-refractivity contribution in [2.75, 3.05) is 26.7 Å². The Morgan fingerprint density at radius 3 is 2.37 bits per heavy atom. The number of nitrogens with one attached hydrogen (secondary N) is 2. The number of methoxy groups -OCH3 is 1. The van der Waals surface area contributed by atoms with Crippen LogP contribution in [0.25, 0.3) is 0 Å². The third-order valence-electron chi connectivity index (χ3n) is 5.20. The molecule has 1 heterocycles. The van der Waals surface area contributed by atoms with Crippen molar-refractivity contribution in [1.29, 1.82) is 0 Å². The second-order valence-electron chi connectivity index (χ2n) is 7.46. The van der Waals surface area contributed by atoms with Gasteiger partial charge in [0, 0.05) is 32.6 Å². The van der Waals surface area contributed by atoms with Crippen LogP contribution in [0.15, 0.2) is 53.5 Å². The number of amides is 1. The predicted molar refractivity (Wildman–Crippen MR) is 121 cm³/mol. The number of ether oxygens (including phenoxy) is 1. The van der Waals surface area contributed by atoms with Gasteiger partial charge in [-0.05, 0) is 48.6 Å². The standard InChI is InChI=1S/C24H32N4O2/c1-3-25-24(26-15-14-19-10-12-22(30-2)13-11-19)27-17-20-6-8-21(9-7-20)18-28-16-4-5-23(28)29/h6-13H,3-5,14-18H2,1-2H3,(H2,25,26,27). The van der Waals surface area contributed by atoms with E-state index in [1.165, 1.54) is 11.1 Å². The van der Waals surface area contributed by atoms with Crippen molar-refractivity contribution in [3.63, 3.8) is 0 Å². The molecule has 0 unspecified atom stereocenters. The summed E-state index contributed by atoms with van der Waals surface area (Å²) in [5.74, 6) is 1.96. The molecule has 1 aliphatic rings. The van der Waals surface area contributed by atoms with E-state index in [1.54, 1.807) is 7.11 Å². The van der Waals surface area contributed by atoms with Gasteiger partial charge in [-0.2, -0.15) is 0 Å². The zero-order chi connectivity index (χ0) is 21.2. The van der Waals surface area contributed by atoms with E-state index in [2.05, 4.69) is 54.0 Å². The van der Waals surface area contributed by atoms with Gasteiger partial charge in [-0.25, -0.2) is 4.99 Å². The molecule has 2 aromatic carbocycles. The normalized spacial score (nSPS) is 14.1. The lowest BCUT2D eigenvalue weighted by atomic mass is 10.1. The molecule has 3 rings (SSSR count). The number of nitrogens with zero attached hydrogens (tertiary/aromatic N) is 2. The van der Waals surface area contributed by atoms with Gasteiger partial charge < -0.3 is 20.3 Å². The van der Waals surface area contributed by atoms with Crippen molar-refractivity contribution in [2.45, 2.75) is 39.3 Å². The van der Waals surface area contributed by atoms with Gasteiger partial charge in [0.15, 0.2) is 5.96 Å². The zero-order valence-electron chi connectivity index (χ0n) is 18.0. The molecule has 0 atom stereocenters. The van der Waals surface area contributed by atoms with Gasteiger partial charge >= 0.3 is 0 Å². The van der Waals surface area contributed by atoms with Crippen LogP contribution in [0.4, 0.5) is 0 Å². The third-order valence-corrected chi connectivity index (χ3v) is 5.20. The minimum absolute atomic E-state index is 0.264. The van der Waals surface area contributed by atoms with Crippen LogP contribution in [-0.4, -0.2) is 43.5 Å². The molecule has 1 aliphatic heterocycles. The first kappa shape index (κ1) is 21.7. The highest BCUT2D eigenvalue weighted by molar-refractivity contribution is 5.79. The maximum Gasteiger partial charge on any atom is 0.222 e. The number of carbonyl (C=O) groups excluding carboxylic acids is 1. The monoisotopic (exact) mass is 408 g/mol. The fourth-order valence-corrected chi connectivity index (χ4v) is 3.47. The SMILES string of the molecule is CCNC(=NCc1ccc(CN2CCCC2=O)cc1)NCCc1ccc(OC)cc1. The average molecular weight is 409 g/mol. The number of hydrogen-bond acceptors (Lipinski definition) is 3. The molecule has 2 aromatic rings. The highest BCUT2D eigenvalue weighted by Crippen LogP contribution is 2.15. The Labute approximate surface area is 179 Å². The minimum atomic E-state index is 0.264. The van der Waals surface area contributed by atoms with E-state index >= 15 is 0 Å². The lowest BCUT2D eigenvalue weighted by Gasteiger charge is -2.15. The highest BCUT2D eigenvalue weighted by atomic mass is 16.5. The Morgan fingerprint density at radius 1 is 1.03 bits per heavy atom. The molecule has 2 N–H and O–H groups in total. The lowest BCUT2D eigenvalue weighted by Crippen LogP contribution is -2.38. The van der Waals surface area contributed by atoms with Gasteiger partial charge in [0.1, 0.15) is 5.75 Å². The van der Waals surface area contributed by atoms with Crippen LogP contribution in [0.5, 0.6) is 5.75 Å². The molecule has 0 spiro atoms. The summed E-state index contributed by atoms with van der Waals surface area (Å²) in [6.45, 7) is 5.88. The topological polar surface area (TPSA) is 66.0 Å². The highest BCUT2D eigenvalue weighted by Gasteiger charge is 2.19. The number of rotatable bonds is 9. The summed E-state index contributed by atoms with van der Waals surface area (Å²) in [7, 11) is 1.68. The molecule has 1 fully saturated rings. The largest absolute Gasteiger partial charge is 0.497 e. The van der Waals surface area contributed by atoms with E-state index in [0.717, 1.165) is 49.7 Å². The van der Waals surface area contributed by atoms with Crippen molar-refractivity contribution >= 4 is 11.9 Å². The zero-order valence-corrected chi connectivity index (χ0v) is 18.0. The van der Waals surface area contributed by atoms with E-state index in [9.17, 15) is 4.79 Å². The van der Waals surface area contributed by atoms with Gasteiger partial charge in [-0.3, -0.25) is 4.79 Å². The number of likely N-dealkylation sites (tertiary alicyclic amines) is 1. The van der Waals surface area contributed by atoms with Crippen LogP contribution in [0.3, 0.4) is 0 Å². The van der Waals surface area contributed by atoms with Crippen LogP contribution in [0.1, 0.15) is 36.5 Å². The molecular weight excluding hydrogens is 376 g/mol. The Kier molecular flexibility index (Phi) is 8.12. The van der Waals surface area contributed by atoms with Gasteiger partial charge in [0.2, 0.25) is 5.91 Å². The number of aliphatic imine (C=N–C) groups is 1. The summed E-state index contributed by atoms with van der Waals surface area (Å²) in [4.78, 5) is 18.4. The maximum atomic E-state index is 11.8. The molecule has 0 aromatic heterocycles. The molecule has 0 aliphatic carbocycles.